The van der Waals surface area contributed by atoms with Crippen LogP contribution in [-0.4, -0.2) is 13.0 Å². The van der Waals surface area contributed by atoms with Crippen LogP contribution in [0.3, 0.4) is 0 Å². The first kappa shape index (κ1) is 12.9. The fourth-order valence-electron chi connectivity index (χ4n) is 3.31. The van der Waals surface area contributed by atoms with Crippen LogP contribution in [0.4, 0.5) is 8.78 Å². The number of alkyl halides is 2. The Labute approximate surface area is 113 Å². The average molecular weight is 266 g/mol. The highest BCUT2D eigenvalue weighted by Crippen LogP contribution is 2.57. The van der Waals surface area contributed by atoms with Gasteiger partial charge < -0.3 is 4.74 Å². The van der Waals surface area contributed by atoms with Crippen molar-refractivity contribution in [3.05, 3.63) is 29.3 Å². The minimum atomic E-state index is -2.49. The van der Waals surface area contributed by atoms with E-state index in [1.807, 2.05) is 18.2 Å². The fourth-order valence-corrected chi connectivity index (χ4v) is 3.31. The number of hydrogen-bond donors (Lipinski definition) is 0. The summed E-state index contributed by atoms with van der Waals surface area (Å²) in [5, 5.41) is 0. The Kier molecular flexibility index (Phi) is 3.23. The predicted molar refractivity (Wildman–Crippen MR) is 71.1 cm³/mol. The predicted octanol–water partition coefficient (Wildman–Crippen LogP) is 4.87. The van der Waals surface area contributed by atoms with Gasteiger partial charge in [-0.3, -0.25) is 0 Å². The van der Waals surface area contributed by atoms with E-state index in [9.17, 15) is 8.78 Å². The van der Waals surface area contributed by atoms with Crippen molar-refractivity contribution in [2.75, 3.05) is 7.11 Å². The molecule has 0 aliphatic heterocycles. The molecule has 3 rings (SSSR count). The maximum absolute atomic E-state index is 13.4. The molecular formula is C16H20F2O. The van der Waals surface area contributed by atoms with E-state index < -0.39 is 11.8 Å². The molecule has 1 aromatic carbocycles. The third kappa shape index (κ3) is 2.47. The van der Waals surface area contributed by atoms with Crippen LogP contribution < -0.4 is 4.74 Å². The van der Waals surface area contributed by atoms with E-state index in [1.165, 1.54) is 19.3 Å². The number of halogens is 2. The molecule has 1 nitrogen and oxygen atoms in total. The van der Waals surface area contributed by atoms with Gasteiger partial charge in [-0.25, -0.2) is 8.78 Å². The first-order valence-corrected chi connectivity index (χ1v) is 7.17. The van der Waals surface area contributed by atoms with Crippen LogP contribution in [0.5, 0.6) is 5.75 Å². The maximum Gasteiger partial charge on any atom is 0.255 e. The van der Waals surface area contributed by atoms with Crippen LogP contribution in [0.25, 0.3) is 0 Å². The third-order valence-electron chi connectivity index (χ3n) is 4.54. The molecule has 0 bridgehead atoms. The lowest BCUT2D eigenvalue weighted by Gasteiger charge is -2.25. The standard InChI is InChI=1S/C16H20F2O/c1-19-12-7-8-13(15-10-16(15,17)18)14(9-12)11-5-3-2-4-6-11/h7-9,11,15H,2-6,10H2,1H3. The van der Waals surface area contributed by atoms with Crippen molar-refractivity contribution < 1.29 is 13.5 Å². The van der Waals surface area contributed by atoms with E-state index in [4.69, 9.17) is 4.74 Å². The van der Waals surface area contributed by atoms with E-state index in [0.717, 1.165) is 29.7 Å². The molecule has 2 aliphatic rings. The lowest BCUT2D eigenvalue weighted by atomic mass is 9.81. The average Bonchev–Trinajstić information content (AvgIpc) is 3.08. The minimum Gasteiger partial charge on any atom is -0.497 e. The quantitative estimate of drug-likeness (QED) is 0.758. The van der Waals surface area contributed by atoms with Gasteiger partial charge in [0.25, 0.3) is 5.92 Å². The van der Waals surface area contributed by atoms with Crippen molar-refractivity contribution in [2.45, 2.75) is 56.3 Å². The van der Waals surface area contributed by atoms with Crippen molar-refractivity contribution in [1.29, 1.82) is 0 Å². The van der Waals surface area contributed by atoms with Crippen LogP contribution in [0.1, 0.15) is 61.5 Å². The molecule has 0 spiro atoms. The van der Waals surface area contributed by atoms with E-state index in [1.54, 1.807) is 7.11 Å². The minimum absolute atomic E-state index is 0.0129. The third-order valence-corrected chi connectivity index (χ3v) is 4.54. The second-order valence-corrected chi connectivity index (χ2v) is 5.85. The summed E-state index contributed by atoms with van der Waals surface area (Å²) < 4.78 is 32.0. The smallest absolute Gasteiger partial charge is 0.255 e. The van der Waals surface area contributed by atoms with Gasteiger partial charge in [-0.05, 0) is 42.0 Å². The summed E-state index contributed by atoms with van der Waals surface area (Å²) in [6.07, 6.45) is 5.95. The summed E-state index contributed by atoms with van der Waals surface area (Å²) in [5.74, 6) is -1.82. The first-order chi connectivity index (χ1) is 9.12. The summed E-state index contributed by atoms with van der Waals surface area (Å²) in [7, 11) is 1.63. The van der Waals surface area contributed by atoms with Gasteiger partial charge in [0.15, 0.2) is 0 Å². The summed E-state index contributed by atoms with van der Waals surface area (Å²) in [6, 6.07) is 5.66. The van der Waals surface area contributed by atoms with Gasteiger partial charge in [0.05, 0.1) is 13.0 Å². The van der Waals surface area contributed by atoms with Crippen molar-refractivity contribution in [3.8, 4) is 5.75 Å². The molecule has 104 valence electrons. The Balaban J connectivity index is 1.94. The van der Waals surface area contributed by atoms with Crippen molar-refractivity contribution in [2.24, 2.45) is 0 Å². The van der Waals surface area contributed by atoms with Gasteiger partial charge in [0.1, 0.15) is 5.75 Å². The fraction of sp³-hybridized carbons (Fsp3) is 0.625. The zero-order valence-corrected chi connectivity index (χ0v) is 11.3. The molecule has 1 aromatic rings. The second kappa shape index (κ2) is 4.77. The molecular weight excluding hydrogens is 246 g/mol. The largest absolute Gasteiger partial charge is 0.497 e. The number of rotatable bonds is 3. The molecule has 1 atom stereocenters. The normalized spacial score (nSPS) is 26.2. The molecule has 2 saturated carbocycles. The van der Waals surface area contributed by atoms with Gasteiger partial charge in [-0.2, -0.15) is 0 Å². The van der Waals surface area contributed by atoms with Crippen molar-refractivity contribution >= 4 is 0 Å². The van der Waals surface area contributed by atoms with Crippen LogP contribution in [0.2, 0.25) is 0 Å². The van der Waals surface area contributed by atoms with Crippen LogP contribution in [-0.2, 0) is 0 Å². The molecule has 0 amide bonds. The zero-order chi connectivity index (χ0) is 13.5. The van der Waals surface area contributed by atoms with Crippen molar-refractivity contribution in [1.82, 2.24) is 0 Å². The summed E-state index contributed by atoms with van der Waals surface area (Å²) >= 11 is 0. The summed E-state index contributed by atoms with van der Waals surface area (Å²) in [6.45, 7) is 0. The lowest BCUT2D eigenvalue weighted by molar-refractivity contribution is 0.112. The lowest BCUT2D eigenvalue weighted by Crippen LogP contribution is -2.08. The molecule has 0 radical (unpaired) electrons. The van der Waals surface area contributed by atoms with Gasteiger partial charge in [0.2, 0.25) is 0 Å². The Hall–Kier alpha value is -1.12. The molecule has 0 saturated heterocycles. The number of methoxy groups -OCH3 is 1. The number of hydrogen-bond acceptors (Lipinski definition) is 1. The molecule has 2 fully saturated rings. The Morgan fingerprint density at radius 2 is 1.79 bits per heavy atom. The van der Waals surface area contributed by atoms with E-state index >= 15 is 0 Å². The molecule has 19 heavy (non-hydrogen) atoms. The van der Waals surface area contributed by atoms with Gasteiger partial charge in [-0.1, -0.05) is 25.3 Å². The first-order valence-electron chi connectivity index (χ1n) is 7.17. The Morgan fingerprint density at radius 3 is 2.37 bits per heavy atom. The monoisotopic (exact) mass is 266 g/mol. The van der Waals surface area contributed by atoms with Crippen LogP contribution >= 0.6 is 0 Å². The molecule has 3 heteroatoms. The Bertz CT molecular complexity index is 464. The summed E-state index contributed by atoms with van der Waals surface area (Å²) in [5.41, 5.74) is 1.97. The topological polar surface area (TPSA) is 9.23 Å². The van der Waals surface area contributed by atoms with E-state index in [-0.39, 0.29) is 6.42 Å². The van der Waals surface area contributed by atoms with Gasteiger partial charge >= 0.3 is 0 Å². The highest BCUT2D eigenvalue weighted by molar-refractivity contribution is 5.43. The molecule has 1 unspecified atom stereocenters. The molecule has 0 heterocycles. The molecule has 0 aromatic heterocycles. The Morgan fingerprint density at radius 1 is 1.11 bits per heavy atom. The molecule has 0 N–H and O–H groups in total. The second-order valence-electron chi connectivity index (χ2n) is 5.85. The number of ether oxygens (including phenoxy) is 1. The van der Waals surface area contributed by atoms with Crippen LogP contribution in [0, 0.1) is 0 Å². The van der Waals surface area contributed by atoms with Crippen LogP contribution in [0.15, 0.2) is 18.2 Å². The highest BCUT2D eigenvalue weighted by Gasteiger charge is 2.58. The highest BCUT2D eigenvalue weighted by atomic mass is 19.3. The van der Waals surface area contributed by atoms with Crippen molar-refractivity contribution in [3.63, 3.8) is 0 Å². The molecule has 2 aliphatic carbocycles. The maximum atomic E-state index is 13.4. The van der Waals surface area contributed by atoms with E-state index in [0.29, 0.717) is 5.92 Å². The summed E-state index contributed by atoms with van der Waals surface area (Å²) in [4.78, 5) is 0. The van der Waals surface area contributed by atoms with E-state index in [2.05, 4.69) is 0 Å². The van der Waals surface area contributed by atoms with Gasteiger partial charge in [-0.15, -0.1) is 0 Å². The SMILES string of the molecule is COc1ccc(C2CC2(F)F)c(C2CCCCC2)c1. The van der Waals surface area contributed by atoms with Gasteiger partial charge in [0, 0.05) is 6.42 Å². The zero-order valence-electron chi connectivity index (χ0n) is 11.3. The number of benzene rings is 1.